The molecule has 2 aromatic heterocycles. The van der Waals surface area contributed by atoms with Gasteiger partial charge in [-0.3, -0.25) is 4.57 Å². The lowest BCUT2D eigenvalue weighted by Gasteiger charge is -2.16. The molecule has 0 saturated carbocycles. The van der Waals surface area contributed by atoms with Gasteiger partial charge in [-0.05, 0) is 37.1 Å². The molecule has 0 saturated heterocycles. The van der Waals surface area contributed by atoms with E-state index in [4.69, 9.17) is 26.8 Å². The molecule has 3 rings (SSSR count). The Kier molecular flexibility index (Phi) is 4.78. The largest absolute Gasteiger partial charge is 0.496 e. The van der Waals surface area contributed by atoms with Gasteiger partial charge in [-0.15, -0.1) is 11.6 Å². The minimum Gasteiger partial charge on any atom is -0.496 e. The van der Waals surface area contributed by atoms with Crippen molar-refractivity contribution in [1.82, 2.24) is 9.55 Å². The lowest BCUT2D eigenvalue weighted by Crippen LogP contribution is -2.09. The Morgan fingerprint density at radius 3 is 2.62 bits per heavy atom. The number of aromatic nitrogens is 2. The summed E-state index contributed by atoms with van der Waals surface area (Å²) in [5, 5.41) is 0.605. The molecule has 0 fully saturated rings. The fourth-order valence-electron chi connectivity index (χ4n) is 3.31. The summed E-state index contributed by atoms with van der Waals surface area (Å²) >= 11 is 6.09. The second-order valence-electron chi connectivity index (χ2n) is 5.95. The van der Waals surface area contributed by atoms with E-state index in [-0.39, 0.29) is 17.3 Å². The number of fused-ring (bicyclic) bond motifs is 1. The Labute approximate surface area is 156 Å². The summed E-state index contributed by atoms with van der Waals surface area (Å²) in [5.41, 5.74) is 10.7. The first-order chi connectivity index (χ1) is 12.5. The maximum atomic E-state index is 12.4. The second-order valence-corrected chi connectivity index (χ2v) is 6.22. The average molecular weight is 374 g/mol. The predicted molar refractivity (Wildman–Crippen MR) is 102 cm³/mol. The average Bonchev–Trinajstić information content (AvgIpc) is 2.94. The molecule has 0 radical (unpaired) electrons. The van der Waals surface area contributed by atoms with Gasteiger partial charge in [-0.1, -0.05) is 6.07 Å². The Morgan fingerprint density at radius 2 is 2.00 bits per heavy atom. The molecule has 136 valence electrons. The van der Waals surface area contributed by atoms with Crippen molar-refractivity contribution >= 4 is 34.4 Å². The second kappa shape index (κ2) is 6.88. The van der Waals surface area contributed by atoms with E-state index < -0.39 is 5.97 Å². The van der Waals surface area contributed by atoms with Gasteiger partial charge < -0.3 is 15.2 Å². The van der Waals surface area contributed by atoms with Gasteiger partial charge in [0.15, 0.2) is 0 Å². The molecule has 1 aromatic carbocycles. The standard InChI is InChI=1S/C19H20ClN3O3/c1-10-5-6-13(25-3)11(2)16(10)23-17(21)15(19(24)26-4)14-12(9-20)7-8-22-18(14)23/h5-8H,9,21H2,1-4H3. The molecule has 0 aliphatic heterocycles. The van der Waals surface area contributed by atoms with Crippen LogP contribution in [0.2, 0.25) is 0 Å². The van der Waals surface area contributed by atoms with Gasteiger partial charge in [0.05, 0.1) is 19.9 Å². The molecule has 3 aromatic rings. The van der Waals surface area contributed by atoms with Crippen molar-refractivity contribution < 1.29 is 14.3 Å². The van der Waals surface area contributed by atoms with Gasteiger partial charge in [-0.2, -0.15) is 0 Å². The summed E-state index contributed by atoms with van der Waals surface area (Å²) < 4.78 is 12.2. The van der Waals surface area contributed by atoms with E-state index in [1.807, 2.05) is 26.0 Å². The van der Waals surface area contributed by atoms with Crippen molar-refractivity contribution in [3.63, 3.8) is 0 Å². The molecule has 0 amide bonds. The van der Waals surface area contributed by atoms with E-state index in [9.17, 15) is 4.79 Å². The van der Waals surface area contributed by atoms with Crippen LogP contribution in [0.25, 0.3) is 16.7 Å². The van der Waals surface area contributed by atoms with Crippen molar-refractivity contribution in [2.45, 2.75) is 19.7 Å². The number of pyridine rings is 1. The maximum Gasteiger partial charge on any atom is 0.342 e. The number of carbonyl (C=O) groups is 1. The SMILES string of the molecule is COC(=O)c1c(N)n(-c2c(C)ccc(OC)c2C)c2nccc(CCl)c12. The summed E-state index contributed by atoms with van der Waals surface area (Å²) in [7, 11) is 2.94. The predicted octanol–water partition coefficient (Wildman–Crippen LogP) is 3.76. The molecule has 0 aliphatic rings. The van der Waals surface area contributed by atoms with Crippen molar-refractivity contribution in [2.75, 3.05) is 20.0 Å². The van der Waals surface area contributed by atoms with Crippen LogP contribution in [-0.2, 0) is 10.6 Å². The van der Waals surface area contributed by atoms with Crippen LogP contribution in [0.3, 0.4) is 0 Å². The van der Waals surface area contributed by atoms with E-state index in [1.54, 1.807) is 23.9 Å². The summed E-state index contributed by atoms with van der Waals surface area (Å²) in [5.74, 6) is 0.683. The monoisotopic (exact) mass is 373 g/mol. The van der Waals surface area contributed by atoms with E-state index in [0.29, 0.717) is 11.0 Å². The molecule has 0 bridgehead atoms. The molecule has 0 aliphatic carbocycles. The van der Waals surface area contributed by atoms with Crippen LogP contribution in [-0.4, -0.2) is 29.7 Å². The molecular formula is C19H20ClN3O3. The Morgan fingerprint density at radius 1 is 1.27 bits per heavy atom. The van der Waals surface area contributed by atoms with Crippen LogP contribution >= 0.6 is 11.6 Å². The number of benzene rings is 1. The number of halogens is 1. The highest BCUT2D eigenvalue weighted by atomic mass is 35.5. The van der Waals surface area contributed by atoms with E-state index in [1.165, 1.54) is 7.11 Å². The van der Waals surface area contributed by atoms with E-state index in [0.717, 1.165) is 28.1 Å². The van der Waals surface area contributed by atoms with Crippen molar-refractivity contribution in [3.05, 3.63) is 46.6 Å². The Bertz CT molecular complexity index is 1010. The zero-order valence-corrected chi connectivity index (χ0v) is 15.8. The van der Waals surface area contributed by atoms with Crippen LogP contribution in [0.1, 0.15) is 27.0 Å². The maximum absolute atomic E-state index is 12.4. The zero-order valence-electron chi connectivity index (χ0n) is 15.1. The van der Waals surface area contributed by atoms with Crippen LogP contribution in [0.15, 0.2) is 24.4 Å². The highest BCUT2D eigenvalue weighted by molar-refractivity contribution is 6.19. The third-order valence-corrected chi connectivity index (χ3v) is 4.82. The molecule has 2 N–H and O–H groups in total. The molecular weight excluding hydrogens is 354 g/mol. The molecule has 7 heteroatoms. The number of rotatable bonds is 4. The number of nitrogens with two attached hydrogens (primary N) is 1. The lowest BCUT2D eigenvalue weighted by atomic mass is 10.1. The summed E-state index contributed by atoms with van der Waals surface area (Å²) in [6, 6.07) is 5.61. The summed E-state index contributed by atoms with van der Waals surface area (Å²) in [6.07, 6.45) is 1.65. The minimum atomic E-state index is -0.524. The topological polar surface area (TPSA) is 79.4 Å². The molecule has 2 heterocycles. The summed E-state index contributed by atoms with van der Waals surface area (Å²) in [4.78, 5) is 16.9. The number of nitrogen functional groups attached to an aromatic ring is 1. The molecule has 0 spiro atoms. The van der Waals surface area contributed by atoms with Crippen molar-refractivity contribution in [3.8, 4) is 11.4 Å². The van der Waals surface area contributed by atoms with Crippen LogP contribution in [0.4, 0.5) is 5.82 Å². The number of ether oxygens (including phenoxy) is 2. The number of esters is 1. The van der Waals surface area contributed by atoms with Crippen molar-refractivity contribution in [1.29, 1.82) is 0 Å². The molecule has 0 atom stereocenters. The molecule has 26 heavy (non-hydrogen) atoms. The fraction of sp³-hybridized carbons (Fsp3) is 0.263. The number of alkyl halides is 1. The fourth-order valence-corrected chi connectivity index (χ4v) is 3.54. The zero-order chi connectivity index (χ0) is 19.0. The first-order valence-corrected chi connectivity index (χ1v) is 8.56. The molecule has 6 nitrogen and oxygen atoms in total. The normalized spacial score (nSPS) is 11.0. The first-order valence-electron chi connectivity index (χ1n) is 8.02. The van der Waals surface area contributed by atoms with Gasteiger partial charge in [-0.25, -0.2) is 9.78 Å². The number of anilines is 1. The third-order valence-electron chi connectivity index (χ3n) is 4.54. The third kappa shape index (κ3) is 2.57. The first kappa shape index (κ1) is 18.1. The number of methoxy groups -OCH3 is 2. The van der Waals surface area contributed by atoms with Gasteiger partial charge >= 0.3 is 5.97 Å². The highest BCUT2D eigenvalue weighted by Gasteiger charge is 2.27. The van der Waals surface area contributed by atoms with Gasteiger partial charge in [0, 0.05) is 23.0 Å². The number of aryl methyl sites for hydroxylation is 1. The highest BCUT2D eigenvalue weighted by Crippen LogP contribution is 2.37. The number of nitrogens with zero attached hydrogens (tertiary/aromatic N) is 2. The smallest absolute Gasteiger partial charge is 0.342 e. The Hall–Kier alpha value is -2.73. The Balaban J connectivity index is 2.50. The number of hydrogen-bond donors (Lipinski definition) is 1. The van der Waals surface area contributed by atoms with E-state index >= 15 is 0 Å². The van der Waals surface area contributed by atoms with Gasteiger partial charge in [0.25, 0.3) is 0 Å². The van der Waals surface area contributed by atoms with Crippen LogP contribution in [0.5, 0.6) is 5.75 Å². The number of carbonyl (C=O) groups excluding carboxylic acids is 1. The van der Waals surface area contributed by atoms with Gasteiger partial charge in [0.1, 0.15) is 22.8 Å². The lowest BCUT2D eigenvalue weighted by molar-refractivity contribution is 0.0604. The van der Waals surface area contributed by atoms with Crippen molar-refractivity contribution in [2.24, 2.45) is 0 Å². The van der Waals surface area contributed by atoms with E-state index in [2.05, 4.69) is 4.98 Å². The van der Waals surface area contributed by atoms with Gasteiger partial charge in [0.2, 0.25) is 0 Å². The van der Waals surface area contributed by atoms with Crippen LogP contribution < -0.4 is 10.5 Å². The minimum absolute atomic E-state index is 0.225. The quantitative estimate of drug-likeness (QED) is 0.556. The molecule has 0 unspecified atom stereocenters. The summed E-state index contributed by atoms with van der Waals surface area (Å²) in [6.45, 7) is 3.91. The number of hydrogen-bond acceptors (Lipinski definition) is 5. The van der Waals surface area contributed by atoms with Crippen LogP contribution in [0, 0.1) is 13.8 Å².